The maximum atomic E-state index is 11.3. The summed E-state index contributed by atoms with van der Waals surface area (Å²) in [5, 5.41) is 0.527. The van der Waals surface area contributed by atoms with Crippen LogP contribution in [0.3, 0.4) is 0 Å². The Balaban J connectivity index is 0. The minimum Gasteiger partial charge on any atom is -0.463 e. The lowest BCUT2D eigenvalue weighted by Crippen LogP contribution is -2.41. The highest BCUT2D eigenvalue weighted by atomic mass is 28.4. The van der Waals surface area contributed by atoms with Crippen molar-refractivity contribution in [2.24, 2.45) is 10.8 Å². The molecule has 0 aromatic carbocycles. The van der Waals surface area contributed by atoms with Gasteiger partial charge in [-0.1, -0.05) is 75.3 Å². The monoisotopic (exact) mass is 558 g/mol. The lowest BCUT2D eigenvalue weighted by atomic mass is 9.87. The molecule has 0 atom stereocenters. The van der Waals surface area contributed by atoms with Crippen LogP contribution >= 0.6 is 0 Å². The molecule has 0 bridgehead atoms. The SMILES string of the molecule is CC(C)(C=O)CCCO[Si](C)(C)C(C)(C)C.CCOC(=O)/C=C/C(C)(C)CCCO[Si](C)(C)C(C)(C)C. The van der Waals surface area contributed by atoms with E-state index < -0.39 is 16.6 Å². The molecule has 0 aromatic rings. The van der Waals surface area contributed by atoms with Crippen LogP contribution < -0.4 is 0 Å². The third kappa shape index (κ3) is 17.4. The summed E-state index contributed by atoms with van der Waals surface area (Å²) in [4.78, 5) is 22.1. The van der Waals surface area contributed by atoms with Crippen LogP contribution in [0.25, 0.3) is 0 Å². The van der Waals surface area contributed by atoms with E-state index in [1.165, 1.54) is 6.08 Å². The number of ether oxygens (including phenoxy) is 1. The molecule has 0 aliphatic carbocycles. The minimum atomic E-state index is -1.64. The number of carbonyl (C=O) groups excluding carboxylic acids is 2. The second kappa shape index (κ2) is 15.7. The largest absolute Gasteiger partial charge is 0.463 e. The Morgan fingerprint density at radius 1 is 0.703 bits per heavy atom. The van der Waals surface area contributed by atoms with Crippen LogP contribution in [0, 0.1) is 10.8 Å². The van der Waals surface area contributed by atoms with Gasteiger partial charge in [0.2, 0.25) is 0 Å². The summed E-state index contributed by atoms with van der Waals surface area (Å²) in [6, 6.07) is 0. The third-order valence-electron chi connectivity index (χ3n) is 7.75. The Kier molecular flexibility index (Phi) is 16.3. The van der Waals surface area contributed by atoms with E-state index >= 15 is 0 Å². The van der Waals surface area contributed by atoms with Crippen LogP contribution in [0.2, 0.25) is 36.3 Å². The van der Waals surface area contributed by atoms with Gasteiger partial charge in [0, 0.05) is 24.7 Å². The third-order valence-corrected chi connectivity index (χ3v) is 16.8. The van der Waals surface area contributed by atoms with Crippen LogP contribution in [-0.2, 0) is 23.2 Å². The van der Waals surface area contributed by atoms with Crippen LogP contribution in [0.5, 0.6) is 0 Å². The molecule has 0 aliphatic heterocycles. The number of hydrogen-bond acceptors (Lipinski definition) is 5. The Morgan fingerprint density at radius 2 is 1.08 bits per heavy atom. The van der Waals surface area contributed by atoms with Gasteiger partial charge in [-0.15, -0.1) is 0 Å². The quantitative estimate of drug-likeness (QED) is 0.0700. The van der Waals surface area contributed by atoms with Crippen molar-refractivity contribution >= 4 is 28.9 Å². The summed E-state index contributed by atoms with van der Waals surface area (Å²) < 4.78 is 17.1. The van der Waals surface area contributed by atoms with Crippen molar-refractivity contribution in [1.29, 1.82) is 0 Å². The van der Waals surface area contributed by atoms with Crippen molar-refractivity contribution in [3.8, 4) is 0 Å². The zero-order valence-electron chi connectivity index (χ0n) is 27.2. The summed E-state index contributed by atoms with van der Waals surface area (Å²) in [7, 11) is -3.24. The van der Waals surface area contributed by atoms with Crippen molar-refractivity contribution in [2.75, 3.05) is 19.8 Å². The molecular weight excluding hydrogens is 496 g/mol. The van der Waals surface area contributed by atoms with E-state index in [-0.39, 0.29) is 26.9 Å². The second-order valence-electron chi connectivity index (χ2n) is 14.6. The maximum absolute atomic E-state index is 11.3. The van der Waals surface area contributed by atoms with Crippen molar-refractivity contribution in [1.82, 2.24) is 0 Å². The minimum absolute atomic E-state index is 0.0104. The van der Waals surface area contributed by atoms with E-state index in [0.29, 0.717) is 6.61 Å². The molecule has 0 spiro atoms. The van der Waals surface area contributed by atoms with Crippen molar-refractivity contribution in [3.63, 3.8) is 0 Å². The number of rotatable bonds is 14. The van der Waals surface area contributed by atoms with E-state index in [1.54, 1.807) is 0 Å². The number of allylic oxidation sites excluding steroid dienone is 1. The lowest BCUT2D eigenvalue weighted by Gasteiger charge is -2.36. The Bertz CT molecular complexity index is 696. The lowest BCUT2D eigenvalue weighted by molar-refractivity contribution is -0.137. The van der Waals surface area contributed by atoms with Crippen molar-refractivity contribution in [3.05, 3.63) is 12.2 Å². The van der Waals surface area contributed by atoms with Gasteiger partial charge in [0.05, 0.1) is 6.61 Å². The Hall–Kier alpha value is -0.766. The van der Waals surface area contributed by atoms with Gasteiger partial charge in [-0.05, 0) is 74.3 Å². The highest BCUT2D eigenvalue weighted by molar-refractivity contribution is 6.74. The first kappa shape index (κ1) is 38.4. The molecule has 0 heterocycles. The summed E-state index contributed by atoms with van der Waals surface area (Å²) in [6.07, 6.45) is 8.41. The number of aldehydes is 1. The number of hydrogen-bond donors (Lipinski definition) is 0. The van der Waals surface area contributed by atoms with E-state index in [4.69, 9.17) is 13.6 Å². The fourth-order valence-corrected chi connectivity index (χ4v) is 4.94. The predicted molar refractivity (Wildman–Crippen MR) is 164 cm³/mol. The zero-order chi connectivity index (χ0) is 29.8. The Morgan fingerprint density at radius 3 is 1.41 bits per heavy atom. The molecule has 220 valence electrons. The maximum Gasteiger partial charge on any atom is 0.330 e. The highest BCUT2D eigenvalue weighted by Gasteiger charge is 2.37. The molecule has 0 N–H and O–H groups in total. The van der Waals surface area contributed by atoms with Crippen molar-refractivity contribution in [2.45, 2.75) is 138 Å². The first-order chi connectivity index (χ1) is 16.4. The van der Waals surface area contributed by atoms with Gasteiger partial charge in [-0.3, -0.25) is 0 Å². The summed E-state index contributed by atoms with van der Waals surface area (Å²) in [6.45, 7) is 34.6. The first-order valence-corrected chi connectivity index (χ1v) is 19.8. The predicted octanol–water partition coefficient (Wildman–Crippen LogP) is 8.95. The van der Waals surface area contributed by atoms with Gasteiger partial charge in [0.15, 0.2) is 16.6 Å². The van der Waals surface area contributed by atoms with Gasteiger partial charge in [-0.2, -0.15) is 0 Å². The molecule has 7 heteroatoms. The number of esters is 1. The summed E-state index contributed by atoms with van der Waals surface area (Å²) in [5.41, 5.74) is -0.208. The van der Waals surface area contributed by atoms with Crippen LogP contribution in [0.4, 0.5) is 0 Å². The average Bonchev–Trinajstić information content (AvgIpc) is 2.72. The van der Waals surface area contributed by atoms with Crippen LogP contribution in [-0.4, -0.2) is 48.7 Å². The van der Waals surface area contributed by atoms with E-state index in [2.05, 4.69) is 81.6 Å². The molecule has 0 amide bonds. The van der Waals surface area contributed by atoms with E-state index in [1.807, 2.05) is 26.8 Å². The van der Waals surface area contributed by atoms with Crippen molar-refractivity contribution < 1.29 is 23.2 Å². The van der Waals surface area contributed by atoms with Gasteiger partial charge < -0.3 is 18.4 Å². The van der Waals surface area contributed by atoms with Gasteiger partial charge in [0.1, 0.15) is 6.29 Å². The molecule has 0 saturated carbocycles. The smallest absolute Gasteiger partial charge is 0.330 e. The molecule has 0 unspecified atom stereocenters. The molecular formula is C30H62O5Si2. The fraction of sp³-hybridized carbons (Fsp3) is 0.867. The fourth-order valence-electron chi connectivity index (χ4n) is 2.77. The normalized spacial score (nSPS) is 13.8. The molecule has 37 heavy (non-hydrogen) atoms. The van der Waals surface area contributed by atoms with E-state index in [0.717, 1.165) is 45.2 Å². The standard InChI is InChI=1S/C17H34O3Si.C13H28O2Si/c1-9-19-15(18)11-13-17(5,6)12-10-14-20-21(7,8)16(2,3)4;1-12(2,3)16(6,7)15-10-8-9-13(4,5)11-14/h11,13H,9-10,12,14H2,1-8H3;11H,8-10H2,1-7H3/b13-11+;. The molecule has 5 nitrogen and oxygen atoms in total. The molecule has 0 fully saturated rings. The molecule has 0 aromatic heterocycles. The average molecular weight is 559 g/mol. The second-order valence-corrected chi connectivity index (χ2v) is 24.2. The van der Waals surface area contributed by atoms with Gasteiger partial charge in [-0.25, -0.2) is 4.79 Å². The summed E-state index contributed by atoms with van der Waals surface area (Å²) >= 11 is 0. The van der Waals surface area contributed by atoms with Crippen LogP contribution in [0.15, 0.2) is 12.2 Å². The van der Waals surface area contributed by atoms with E-state index in [9.17, 15) is 9.59 Å². The molecule has 0 radical (unpaired) electrons. The number of carbonyl (C=O) groups is 2. The molecule has 0 saturated heterocycles. The van der Waals surface area contributed by atoms with Crippen LogP contribution in [0.1, 0.15) is 102 Å². The summed E-state index contributed by atoms with van der Waals surface area (Å²) in [5.74, 6) is -0.261. The molecule has 0 rings (SSSR count). The first-order valence-electron chi connectivity index (χ1n) is 14.0. The van der Waals surface area contributed by atoms with Gasteiger partial charge in [0.25, 0.3) is 0 Å². The molecule has 0 aliphatic rings. The van der Waals surface area contributed by atoms with Gasteiger partial charge >= 0.3 is 5.97 Å². The topological polar surface area (TPSA) is 61.8 Å². The highest BCUT2D eigenvalue weighted by Crippen LogP contribution is 2.37. The zero-order valence-corrected chi connectivity index (χ0v) is 29.2. The Labute approximate surface area is 232 Å².